The third-order valence-corrected chi connectivity index (χ3v) is 10.6. The number of piperidine rings is 2. The zero-order valence-electron chi connectivity index (χ0n) is 26.2. The van der Waals surface area contributed by atoms with Crippen LogP contribution in [0.4, 0.5) is 4.79 Å². The standard InChI is InChI=1S/C38H36N6O2/c1-18-26-17-31(26)44(37(45)46-38(2,3)4)34(18)36-41-28-12-8-22-14-20(6-10-25(22)33(28)43-36)19-5-9-24-21(13-19)7-11-27-32(24)42-35(40-27)30-16-23-15-29(23)39-30/h5-14,23,26,29-31,34,39H,1,15-17H2,2-4H3,(H,40,42)(H,41,43)/t23-,26?,29-,30+,31?,34+/m1/s1. The van der Waals surface area contributed by atoms with Crippen LogP contribution >= 0.6 is 0 Å². The number of amides is 1. The number of hydrogen-bond donors (Lipinski definition) is 3. The lowest BCUT2D eigenvalue weighted by Crippen LogP contribution is -2.39. The number of ether oxygens (including phenoxy) is 1. The molecule has 4 fully saturated rings. The Labute approximate surface area is 266 Å². The molecule has 0 radical (unpaired) electrons. The van der Waals surface area contributed by atoms with Crippen LogP contribution in [0.1, 0.15) is 63.8 Å². The number of nitrogens with one attached hydrogen (secondary N) is 3. The van der Waals surface area contributed by atoms with Gasteiger partial charge >= 0.3 is 6.09 Å². The van der Waals surface area contributed by atoms with Crippen LogP contribution in [-0.2, 0) is 4.74 Å². The zero-order valence-corrected chi connectivity index (χ0v) is 26.2. The Morgan fingerprint density at radius 1 is 0.848 bits per heavy atom. The Hall–Kier alpha value is -4.69. The molecule has 2 aliphatic heterocycles. The zero-order chi connectivity index (χ0) is 31.1. The second kappa shape index (κ2) is 8.97. The van der Waals surface area contributed by atoms with E-state index in [1.165, 1.54) is 29.2 Å². The number of aromatic amines is 2. The molecule has 3 N–H and O–H groups in total. The second-order valence-electron chi connectivity index (χ2n) is 14.9. The maximum Gasteiger partial charge on any atom is 0.411 e. The lowest BCUT2D eigenvalue weighted by atomic mass is 9.98. The third kappa shape index (κ3) is 3.99. The molecule has 0 bridgehead atoms. The number of likely N-dealkylation sites (tertiary alicyclic amines) is 1. The maximum atomic E-state index is 13.3. The number of hydrogen-bond acceptors (Lipinski definition) is 5. The number of H-pyrrole nitrogens is 2. The first-order valence-corrected chi connectivity index (χ1v) is 16.5. The predicted molar refractivity (Wildman–Crippen MR) is 180 cm³/mol. The summed E-state index contributed by atoms with van der Waals surface area (Å²) in [5.41, 5.74) is 6.78. The van der Waals surface area contributed by atoms with Crippen LogP contribution in [0.5, 0.6) is 0 Å². The van der Waals surface area contributed by atoms with Gasteiger partial charge in [0, 0.05) is 28.8 Å². The molecule has 6 atom stereocenters. The van der Waals surface area contributed by atoms with Gasteiger partial charge < -0.3 is 20.0 Å². The average molecular weight is 609 g/mol. The van der Waals surface area contributed by atoms with Crippen molar-refractivity contribution in [1.82, 2.24) is 30.2 Å². The number of rotatable bonds is 3. The summed E-state index contributed by atoms with van der Waals surface area (Å²) in [5, 5.41) is 8.27. The summed E-state index contributed by atoms with van der Waals surface area (Å²) in [6.07, 6.45) is 3.14. The summed E-state index contributed by atoms with van der Waals surface area (Å²) < 4.78 is 5.79. The van der Waals surface area contributed by atoms with Crippen molar-refractivity contribution in [2.24, 2.45) is 11.8 Å². The molecule has 4 heterocycles. The summed E-state index contributed by atoms with van der Waals surface area (Å²) >= 11 is 0. The van der Waals surface area contributed by atoms with E-state index >= 15 is 0 Å². The van der Waals surface area contributed by atoms with Gasteiger partial charge in [-0.3, -0.25) is 4.90 Å². The lowest BCUT2D eigenvalue weighted by Gasteiger charge is -2.30. The highest BCUT2D eigenvalue weighted by atomic mass is 16.6. The summed E-state index contributed by atoms with van der Waals surface area (Å²) in [7, 11) is 0. The highest BCUT2D eigenvalue weighted by Crippen LogP contribution is 2.56. The molecule has 4 aromatic carbocycles. The maximum absolute atomic E-state index is 13.3. The van der Waals surface area contributed by atoms with E-state index in [1.807, 2.05) is 25.7 Å². The molecule has 4 aliphatic rings. The van der Waals surface area contributed by atoms with Gasteiger partial charge in [0.05, 0.1) is 28.1 Å². The van der Waals surface area contributed by atoms with Crippen LogP contribution < -0.4 is 5.32 Å². The minimum absolute atomic E-state index is 0.141. The van der Waals surface area contributed by atoms with E-state index in [0.717, 1.165) is 68.0 Å². The van der Waals surface area contributed by atoms with E-state index < -0.39 is 5.60 Å². The molecule has 10 rings (SSSR count). The second-order valence-corrected chi connectivity index (χ2v) is 14.9. The van der Waals surface area contributed by atoms with Gasteiger partial charge in [-0.25, -0.2) is 14.8 Å². The fraction of sp³-hybridized carbons (Fsp3) is 0.342. The molecular formula is C38H36N6O2. The number of carbonyl (C=O) groups is 1. The number of aromatic nitrogens is 4. The number of fused-ring (bicyclic) bond motifs is 8. The smallest absolute Gasteiger partial charge is 0.411 e. The van der Waals surface area contributed by atoms with Crippen molar-refractivity contribution in [3.63, 3.8) is 0 Å². The number of carbonyl (C=O) groups excluding carboxylic acids is 1. The minimum atomic E-state index is -0.565. The van der Waals surface area contributed by atoms with E-state index in [4.69, 9.17) is 14.7 Å². The molecule has 2 unspecified atom stereocenters. The SMILES string of the molecule is C=C1C2CC2N(C(=O)OC(C)(C)C)[C@@H]1c1nc2c(ccc3cc(-c4ccc5c(ccc6[nH]c([C@@H]7C[C@H]8C[C@H]8N7)nc65)c4)ccc32)[nH]1. The van der Waals surface area contributed by atoms with Crippen LogP contribution in [-0.4, -0.2) is 48.6 Å². The molecule has 8 heteroatoms. The third-order valence-electron chi connectivity index (χ3n) is 10.6. The van der Waals surface area contributed by atoms with Gasteiger partial charge in [-0.15, -0.1) is 0 Å². The van der Waals surface area contributed by atoms with Crippen molar-refractivity contribution in [3.05, 3.63) is 84.5 Å². The topological polar surface area (TPSA) is 98.9 Å². The van der Waals surface area contributed by atoms with Crippen molar-refractivity contribution in [3.8, 4) is 11.1 Å². The lowest BCUT2D eigenvalue weighted by molar-refractivity contribution is 0.0194. The van der Waals surface area contributed by atoms with E-state index in [9.17, 15) is 4.79 Å². The molecule has 46 heavy (non-hydrogen) atoms. The number of nitrogens with zero attached hydrogens (tertiary/aromatic N) is 3. The molecule has 2 saturated heterocycles. The molecule has 2 saturated carbocycles. The fourth-order valence-electron chi connectivity index (χ4n) is 8.15. The molecule has 8 nitrogen and oxygen atoms in total. The molecule has 2 aliphatic carbocycles. The summed E-state index contributed by atoms with van der Waals surface area (Å²) in [4.78, 5) is 32.4. The largest absolute Gasteiger partial charge is 0.444 e. The highest BCUT2D eigenvalue weighted by molar-refractivity contribution is 6.07. The van der Waals surface area contributed by atoms with Crippen molar-refractivity contribution in [2.75, 3.05) is 0 Å². The summed E-state index contributed by atoms with van der Waals surface area (Å²) in [5.74, 6) is 2.95. The first-order chi connectivity index (χ1) is 22.2. The molecule has 230 valence electrons. The fourth-order valence-corrected chi connectivity index (χ4v) is 8.15. The van der Waals surface area contributed by atoms with Gasteiger partial charge in [0.2, 0.25) is 0 Å². The van der Waals surface area contributed by atoms with Crippen LogP contribution in [0.15, 0.2) is 72.8 Å². The normalized spacial score (nSPS) is 26.8. The van der Waals surface area contributed by atoms with E-state index in [0.29, 0.717) is 18.0 Å². The first kappa shape index (κ1) is 26.5. The van der Waals surface area contributed by atoms with Gasteiger partial charge in [0.15, 0.2) is 0 Å². The van der Waals surface area contributed by atoms with E-state index in [-0.39, 0.29) is 18.2 Å². The van der Waals surface area contributed by atoms with Gasteiger partial charge in [0.25, 0.3) is 0 Å². The Bertz CT molecular complexity index is 2280. The monoisotopic (exact) mass is 608 g/mol. The Balaban J connectivity index is 0.981. The van der Waals surface area contributed by atoms with E-state index in [2.05, 4.69) is 82.5 Å². The van der Waals surface area contributed by atoms with E-state index in [1.54, 1.807) is 0 Å². The first-order valence-electron chi connectivity index (χ1n) is 16.5. The molecule has 2 aromatic heterocycles. The quantitative estimate of drug-likeness (QED) is 0.177. The predicted octanol–water partition coefficient (Wildman–Crippen LogP) is 8.07. The summed E-state index contributed by atoms with van der Waals surface area (Å²) in [6.45, 7) is 10.1. The molecule has 1 amide bonds. The minimum Gasteiger partial charge on any atom is -0.444 e. The molecule has 6 aromatic rings. The Morgan fingerprint density at radius 3 is 2.09 bits per heavy atom. The van der Waals surface area contributed by atoms with Crippen molar-refractivity contribution in [2.45, 2.75) is 69.8 Å². The molecular weight excluding hydrogens is 572 g/mol. The summed E-state index contributed by atoms with van der Waals surface area (Å²) in [6, 6.07) is 22.7. The van der Waals surface area contributed by atoms with Crippen molar-refractivity contribution < 1.29 is 9.53 Å². The van der Waals surface area contributed by atoms with Crippen molar-refractivity contribution in [1.29, 1.82) is 0 Å². The Kier molecular flexibility index (Phi) is 5.17. The van der Waals surface area contributed by atoms with Crippen LogP contribution in [0.3, 0.4) is 0 Å². The van der Waals surface area contributed by atoms with Gasteiger partial charge in [0.1, 0.15) is 23.3 Å². The average Bonchev–Trinajstić information content (AvgIpc) is 3.71. The van der Waals surface area contributed by atoms with Crippen LogP contribution in [0, 0.1) is 11.8 Å². The van der Waals surface area contributed by atoms with Crippen LogP contribution in [0.25, 0.3) is 54.7 Å². The highest BCUT2D eigenvalue weighted by Gasteiger charge is 2.58. The van der Waals surface area contributed by atoms with Gasteiger partial charge in [-0.1, -0.05) is 43.0 Å². The van der Waals surface area contributed by atoms with Crippen molar-refractivity contribution >= 4 is 49.7 Å². The molecule has 0 spiro atoms. The van der Waals surface area contributed by atoms with Gasteiger partial charge in [-0.2, -0.15) is 0 Å². The Morgan fingerprint density at radius 2 is 1.48 bits per heavy atom. The van der Waals surface area contributed by atoms with Gasteiger partial charge in [-0.05, 0) is 97.7 Å². The number of imidazole rings is 2. The van der Waals surface area contributed by atoms with Crippen LogP contribution in [0.2, 0.25) is 0 Å². The number of benzene rings is 4.